The highest BCUT2D eigenvalue weighted by Gasteiger charge is 2.22. The van der Waals surface area contributed by atoms with E-state index in [9.17, 15) is 4.79 Å². The van der Waals surface area contributed by atoms with Gasteiger partial charge in [0.05, 0.1) is 18.8 Å². The Morgan fingerprint density at radius 2 is 2.10 bits per heavy atom. The zero-order chi connectivity index (χ0) is 14.8. The van der Waals surface area contributed by atoms with Crippen molar-refractivity contribution < 1.29 is 9.53 Å². The molecule has 2 aromatic carbocycles. The summed E-state index contributed by atoms with van der Waals surface area (Å²) < 4.78 is 5.36. The number of anilines is 1. The molecule has 0 aliphatic heterocycles. The van der Waals surface area contributed by atoms with Gasteiger partial charge in [-0.1, -0.05) is 24.3 Å². The summed E-state index contributed by atoms with van der Waals surface area (Å²) in [5.41, 5.74) is 9.31. The maximum absolute atomic E-state index is 11.3. The van der Waals surface area contributed by atoms with Crippen LogP contribution in [0.15, 0.2) is 42.5 Å². The molecule has 0 heterocycles. The summed E-state index contributed by atoms with van der Waals surface area (Å²) in [6, 6.07) is 13.8. The SMILES string of the molecule is COc1ccc(C(N)=O)cc1NC1CCc2ccccc21. The van der Waals surface area contributed by atoms with E-state index in [0.717, 1.165) is 18.5 Å². The zero-order valence-electron chi connectivity index (χ0n) is 11.9. The molecule has 4 heteroatoms. The van der Waals surface area contributed by atoms with Crippen molar-refractivity contribution in [1.29, 1.82) is 0 Å². The molecule has 1 amide bonds. The fourth-order valence-corrected chi connectivity index (χ4v) is 2.87. The average molecular weight is 282 g/mol. The van der Waals surface area contributed by atoms with Crippen LogP contribution in [0.2, 0.25) is 0 Å². The van der Waals surface area contributed by atoms with E-state index in [1.165, 1.54) is 11.1 Å². The lowest BCUT2D eigenvalue weighted by Crippen LogP contribution is -2.13. The van der Waals surface area contributed by atoms with Gasteiger partial charge in [-0.25, -0.2) is 0 Å². The summed E-state index contributed by atoms with van der Waals surface area (Å²) in [6.45, 7) is 0. The first-order valence-corrected chi connectivity index (χ1v) is 7.01. The Kier molecular flexibility index (Phi) is 3.52. The minimum atomic E-state index is -0.437. The lowest BCUT2D eigenvalue weighted by atomic mass is 10.1. The van der Waals surface area contributed by atoms with Gasteiger partial charge in [0.2, 0.25) is 5.91 Å². The van der Waals surface area contributed by atoms with Crippen molar-refractivity contribution in [3.63, 3.8) is 0 Å². The predicted molar refractivity (Wildman–Crippen MR) is 82.6 cm³/mol. The number of methoxy groups -OCH3 is 1. The Balaban J connectivity index is 1.91. The molecular weight excluding hydrogens is 264 g/mol. The highest BCUT2D eigenvalue weighted by molar-refractivity contribution is 5.94. The maximum atomic E-state index is 11.3. The molecule has 2 aromatic rings. The van der Waals surface area contributed by atoms with Crippen LogP contribution in [0.4, 0.5) is 5.69 Å². The zero-order valence-corrected chi connectivity index (χ0v) is 11.9. The molecule has 3 rings (SSSR count). The molecule has 0 radical (unpaired) electrons. The normalized spacial score (nSPS) is 16.3. The molecule has 1 aliphatic carbocycles. The summed E-state index contributed by atoms with van der Waals surface area (Å²) >= 11 is 0. The number of benzene rings is 2. The maximum Gasteiger partial charge on any atom is 0.248 e. The van der Waals surface area contributed by atoms with Gasteiger partial charge in [-0.15, -0.1) is 0 Å². The van der Waals surface area contributed by atoms with Crippen molar-refractivity contribution in [3.05, 3.63) is 59.2 Å². The topological polar surface area (TPSA) is 64.3 Å². The molecule has 0 saturated heterocycles. The average Bonchev–Trinajstić information content (AvgIpc) is 2.90. The number of amides is 1. The van der Waals surface area contributed by atoms with Crippen LogP contribution in [0.5, 0.6) is 5.75 Å². The van der Waals surface area contributed by atoms with Crippen LogP contribution in [-0.2, 0) is 6.42 Å². The van der Waals surface area contributed by atoms with Gasteiger partial charge < -0.3 is 15.8 Å². The third kappa shape index (κ3) is 2.57. The van der Waals surface area contributed by atoms with Gasteiger partial charge >= 0.3 is 0 Å². The largest absolute Gasteiger partial charge is 0.495 e. The van der Waals surface area contributed by atoms with Gasteiger partial charge in [0.25, 0.3) is 0 Å². The highest BCUT2D eigenvalue weighted by atomic mass is 16.5. The number of nitrogens with two attached hydrogens (primary N) is 1. The number of aryl methyl sites for hydroxylation is 1. The van der Waals surface area contributed by atoms with Crippen LogP contribution in [-0.4, -0.2) is 13.0 Å². The Labute approximate surface area is 123 Å². The monoisotopic (exact) mass is 282 g/mol. The molecule has 108 valence electrons. The van der Waals surface area contributed by atoms with Gasteiger partial charge in [0, 0.05) is 5.56 Å². The molecular formula is C17H18N2O2. The molecule has 0 spiro atoms. The molecule has 21 heavy (non-hydrogen) atoms. The lowest BCUT2D eigenvalue weighted by Gasteiger charge is -2.18. The van der Waals surface area contributed by atoms with Crippen LogP contribution in [0.3, 0.4) is 0 Å². The molecule has 0 aromatic heterocycles. The van der Waals surface area contributed by atoms with Crippen molar-refractivity contribution in [2.45, 2.75) is 18.9 Å². The number of ether oxygens (including phenoxy) is 1. The van der Waals surface area contributed by atoms with Crippen molar-refractivity contribution in [3.8, 4) is 5.75 Å². The van der Waals surface area contributed by atoms with Crippen molar-refractivity contribution >= 4 is 11.6 Å². The van der Waals surface area contributed by atoms with E-state index >= 15 is 0 Å². The minimum absolute atomic E-state index is 0.234. The quantitative estimate of drug-likeness (QED) is 0.906. The summed E-state index contributed by atoms with van der Waals surface area (Å²) in [7, 11) is 1.62. The standard InChI is InChI=1S/C17H18N2O2/c1-21-16-9-7-12(17(18)20)10-15(16)19-14-8-6-11-4-2-3-5-13(11)14/h2-5,7,9-10,14,19H,6,8H2,1H3,(H2,18,20). The third-order valence-electron chi connectivity index (χ3n) is 3.95. The summed E-state index contributed by atoms with van der Waals surface area (Å²) in [6.07, 6.45) is 2.09. The predicted octanol–water partition coefficient (Wildman–Crippen LogP) is 2.89. The Hall–Kier alpha value is -2.49. The molecule has 1 unspecified atom stereocenters. The van der Waals surface area contributed by atoms with Gasteiger partial charge in [0.15, 0.2) is 0 Å². The molecule has 1 atom stereocenters. The summed E-state index contributed by atoms with van der Waals surface area (Å²) in [4.78, 5) is 11.3. The van der Waals surface area contributed by atoms with Crippen molar-refractivity contribution in [2.24, 2.45) is 5.73 Å². The van der Waals surface area contributed by atoms with E-state index in [1.54, 1.807) is 25.3 Å². The number of nitrogens with one attached hydrogen (secondary N) is 1. The molecule has 3 N–H and O–H groups in total. The van der Waals surface area contributed by atoms with Gasteiger partial charge in [-0.05, 0) is 42.2 Å². The first kappa shape index (κ1) is 13.5. The second kappa shape index (κ2) is 5.48. The second-order valence-corrected chi connectivity index (χ2v) is 5.21. The fraction of sp³-hybridized carbons (Fsp3) is 0.235. The molecule has 0 saturated carbocycles. The number of carbonyl (C=O) groups excluding carboxylic acids is 1. The van der Waals surface area contributed by atoms with Gasteiger partial charge in [0.1, 0.15) is 5.75 Å². The van der Waals surface area contributed by atoms with E-state index in [4.69, 9.17) is 10.5 Å². The number of fused-ring (bicyclic) bond motifs is 1. The van der Waals surface area contributed by atoms with E-state index in [0.29, 0.717) is 11.3 Å². The Bertz CT molecular complexity index is 682. The molecule has 0 fully saturated rings. The number of carbonyl (C=O) groups is 1. The molecule has 4 nitrogen and oxygen atoms in total. The Morgan fingerprint density at radius 3 is 2.86 bits per heavy atom. The van der Waals surface area contributed by atoms with Gasteiger partial charge in [-0.2, -0.15) is 0 Å². The fourth-order valence-electron chi connectivity index (χ4n) is 2.87. The first-order valence-electron chi connectivity index (χ1n) is 7.01. The first-order chi connectivity index (χ1) is 10.2. The van der Waals surface area contributed by atoms with Crippen LogP contribution in [0.1, 0.15) is 33.9 Å². The second-order valence-electron chi connectivity index (χ2n) is 5.21. The highest BCUT2D eigenvalue weighted by Crippen LogP contribution is 2.36. The van der Waals surface area contributed by atoms with Crippen molar-refractivity contribution in [2.75, 3.05) is 12.4 Å². The smallest absolute Gasteiger partial charge is 0.248 e. The number of hydrogen-bond donors (Lipinski definition) is 2. The molecule has 1 aliphatic rings. The van der Waals surface area contributed by atoms with Crippen LogP contribution < -0.4 is 15.8 Å². The van der Waals surface area contributed by atoms with Crippen LogP contribution in [0.25, 0.3) is 0 Å². The van der Waals surface area contributed by atoms with Crippen LogP contribution >= 0.6 is 0 Å². The number of primary amides is 1. The number of hydrogen-bond acceptors (Lipinski definition) is 3. The van der Waals surface area contributed by atoms with Gasteiger partial charge in [-0.3, -0.25) is 4.79 Å². The summed E-state index contributed by atoms with van der Waals surface area (Å²) in [5.74, 6) is 0.275. The van der Waals surface area contributed by atoms with E-state index < -0.39 is 5.91 Å². The summed E-state index contributed by atoms with van der Waals surface area (Å²) in [5, 5.41) is 3.48. The van der Waals surface area contributed by atoms with E-state index in [1.807, 2.05) is 0 Å². The number of rotatable bonds is 4. The molecule has 0 bridgehead atoms. The van der Waals surface area contributed by atoms with E-state index in [2.05, 4.69) is 29.6 Å². The lowest BCUT2D eigenvalue weighted by molar-refractivity contribution is 0.100. The van der Waals surface area contributed by atoms with Crippen molar-refractivity contribution in [1.82, 2.24) is 0 Å². The van der Waals surface area contributed by atoms with Crippen LogP contribution in [0, 0.1) is 0 Å². The minimum Gasteiger partial charge on any atom is -0.495 e. The van der Waals surface area contributed by atoms with E-state index in [-0.39, 0.29) is 6.04 Å². The Morgan fingerprint density at radius 1 is 1.29 bits per heavy atom. The third-order valence-corrected chi connectivity index (χ3v) is 3.95.